The lowest BCUT2D eigenvalue weighted by Crippen LogP contribution is -2.48. The number of hydrogen-bond acceptors (Lipinski definition) is 4. The van der Waals surface area contributed by atoms with Gasteiger partial charge in [-0.2, -0.15) is 11.3 Å². The SMILES string of the molecule is CN1CCC(OC2(c3ccc(Cl)cc3)C=CC=C(Cc3ccsc3)N2)CC1. The first kappa shape index (κ1) is 18.8. The van der Waals surface area contributed by atoms with Crippen LogP contribution in [0.15, 0.2) is 65.0 Å². The van der Waals surface area contributed by atoms with Crippen molar-refractivity contribution in [1.82, 2.24) is 10.2 Å². The van der Waals surface area contributed by atoms with Crippen LogP contribution in [-0.2, 0) is 16.9 Å². The Hall–Kier alpha value is -1.59. The van der Waals surface area contributed by atoms with E-state index in [9.17, 15) is 0 Å². The number of ether oxygens (including phenoxy) is 1. The normalized spacial score (nSPS) is 23.9. The third kappa shape index (κ3) is 4.46. The molecule has 1 saturated heterocycles. The molecule has 0 aliphatic carbocycles. The number of nitrogens with zero attached hydrogens (tertiary/aromatic N) is 1. The first-order chi connectivity index (χ1) is 13.1. The highest BCUT2D eigenvalue weighted by molar-refractivity contribution is 7.07. The van der Waals surface area contributed by atoms with Crippen molar-refractivity contribution >= 4 is 22.9 Å². The minimum absolute atomic E-state index is 0.231. The smallest absolute Gasteiger partial charge is 0.184 e. The fourth-order valence-corrected chi connectivity index (χ4v) is 4.50. The molecule has 0 bridgehead atoms. The lowest BCUT2D eigenvalue weighted by atomic mass is 9.96. The number of rotatable bonds is 5. The Bertz CT molecular complexity index is 807. The van der Waals surface area contributed by atoms with Gasteiger partial charge in [0.15, 0.2) is 5.72 Å². The molecule has 1 aromatic carbocycles. The van der Waals surface area contributed by atoms with Crippen LogP contribution >= 0.6 is 22.9 Å². The number of benzene rings is 1. The molecular weight excluding hydrogens is 376 g/mol. The van der Waals surface area contributed by atoms with E-state index in [2.05, 4.69) is 64.5 Å². The number of allylic oxidation sites excluding steroid dienone is 3. The summed E-state index contributed by atoms with van der Waals surface area (Å²) in [5.41, 5.74) is 2.92. The predicted molar refractivity (Wildman–Crippen MR) is 113 cm³/mol. The van der Waals surface area contributed by atoms with Gasteiger partial charge in [-0.1, -0.05) is 29.8 Å². The quantitative estimate of drug-likeness (QED) is 0.768. The van der Waals surface area contributed by atoms with E-state index in [1.165, 1.54) is 11.3 Å². The number of halogens is 1. The van der Waals surface area contributed by atoms with Gasteiger partial charge in [-0.15, -0.1) is 0 Å². The van der Waals surface area contributed by atoms with Gasteiger partial charge in [0.2, 0.25) is 0 Å². The van der Waals surface area contributed by atoms with Gasteiger partial charge in [-0.05, 0) is 66.6 Å². The molecule has 3 heterocycles. The Kier molecular flexibility index (Phi) is 5.69. The molecule has 1 aromatic heterocycles. The van der Waals surface area contributed by atoms with Gasteiger partial charge in [0.05, 0.1) is 6.10 Å². The summed E-state index contributed by atoms with van der Waals surface area (Å²) in [6, 6.07) is 10.2. The van der Waals surface area contributed by atoms with Crippen LogP contribution in [0.4, 0.5) is 0 Å². The first-order valence-electron chi connectivity index (χ1n) is 9.43. The van der Waals surface area contributed by atoms with Crippen LogP contribution < -0.4 is 5.32 Å². The van der Waals surface area contributed by atoms with Crippen molar-refractivity contribution in [2.24, 2.45) is 0 Å². The second kappa shape index (κ2) is 8.19. The number of likely N-dealkylation sites (tertiary alicyclic amines) is 1. The van der Waals surface area contributed by atoms with Gasteiger partial charge in [0.1, 0.15) is 0 Å². The largest absolute Gasteiger partial charge is 0.354 e. The van der Waals surface area contributed by atoms with Crippen molar-refractivity contribution < 1.29 is 4.74 Å². The summed E-state index contributed by atoms with van der Waals surface area (Å²) < 4.78 is 6.74. The van der Waals surface area contributed by atoms with E-state index in [4.69, 9.17) is 16.3 Å². The monoisotopic (exact) mass is 400 g/mol. The van der Waals surface area contributed by atoms with Gasteiger partial charge in [-0.3, -0.25) is 0 Å². The summed E-state index contributed by atoms with van der Waals surface area (Å²) in [6.07, 6.45) is 9.59. The van der Waals surface area contributed by atoms with E-state index < -0.39 is 5.72 Å². The Morgan fingerprint density at radius 2 is 2.00 bits per heavy atom. The fourth-order valence-electron chi connectivity index (χ4n) is 3.71. The molecule has 0 radical (unpaired) electrons. The third-order valence-corrected chi connectivity index (χ3v) is 6.22. The van der Waals surface area contributed by atoms with Crippen molar-refractivity contribution in [3.05, 3.63) is 81.2 Å². The molecule has 1 N–H and O–H groups in total. The molecular formula is C22H25ClN2OS. The minimum Gasteiger partial charge on any atom is -0.354 e. The zero-order valence-electron chi connectivity index (χ0n) is 15.5. The summed E-state index contributed by atoms with van der Waals surface area (Å²) in [5, 5.41) is 8.76. The van der Waals surface area contributed by atoms with Gasteiger partial charge >= 0.3 is 0 Å². The van der Waals surface area contributed by atoms with Crippen molar-refractivity contribution in [2.45, 2.75) is 31.1 Å². The molecule has 1 unspecified atom stereocenters. The summed E-state index contributed by atoms with van der Waals surface area (Å²) in [6.45, 7) is 2.14. The average molecular weight is 401 g/mol. The Balaban J connectivity index is 1.59. The molecule has 4 rings (SSSR count). The second-order valence-electron chi connectivity index (χ2n) is 7.35. The van der Waals surface area contributed by atoms with Gasteiger partial charge < -0.3 is 15.0 Å². The minimum atomic E-state index is -0.648. The van der Waals surface area contributed by atoms with Gasteiger partial charge in [-0.25, -0.2) is 0 Å². The Morgan fingerprint density at radius 3 is 2.70 bits per heavy atom. The summed E-state index contributed by atoms with van der Waals surface area (Å²) in [5.74, 6) is 0. The number of piperidine rings is 1. The summed E-state index contributed by atoms with van der Waals surface area (Å²) >= 11 is 7.86. The molecule has 27 heavy (non-hydrogen) atoms. The molecule has 5 heteroatoms. The van der Waals surface area contributed by atoms with Crippen molar-refractivity contribution in [3.8, 4) is 0 Å². The zero-order valence-corrected chi connectivity index (χ0v) is 17.1. The van der Waals surface area contributed by atoms with Gasteiger partial charge in [0, 0.05) is 35.8 Å². The second-order valence-corrected chi connectivity index (χ2v) is 8.56. The Labute approximate surface area is 170 Å². The van der Waals surface area contributed by atoms with E-state index in [-0.39, 0.29) is 6.10 Å². The van der Waals surface area contributed by atoms with Crippen molar-refractivity contribution in [2.75, 3.05) is 20.1 Å². The van der Waals surface area contributed by atoms with Crippen LogP contribution in [0.3, 0.4) is 0 Å². The maximum absolute atomic E-state index is 6.74. The van der Waals surface area contributed by atoms with E-state index >= 15 is 0 Å². The molecule has 0 amide bonds. The number of thiophene rings is 1. The van der Waals surface area contributed by atoms with Gasteiger partial charge in [0.25, 0.3) is 0 Å². The molecule has 3 nitrogen and oxygen atoms in total. The molecule has 0 spiro atoms. The fraction of sp³-hybridized carbons (Fsp3) is 0.364. The lowest BCUT2D eigenvalue weighted by Gasteiger charge is -2.41. The highest BCUT2D eigenvalue weighted by Crippen LogP contribution is 2.33. The van der Waals surface area contributed by atoms with E-state index in [0.717, 1.165) is 42.9 Å². The molecule has 0 saturated carbocycles. The highest BCUT2D eigenvalue weighted by atomic mass is 35.5. The molecule has 2 aliphatic rings. The molecule has 1 fully saturated rings. The number of nitrogens with one attached hydrogen (secondary N) is 1. The third-order valence-electron chi connectivity index (χ3n) is 5.24. The Morgan fingerprint density at radius 1 is 1.22 bits per heavy atom. The average Bonchev–Trinajstić information content (AvgIpc) is 3.17. The van der Waals surface area contributed by atoms with E-state index in [1.807, 2.05) is 12.1 Å². The van der Waals surface area contributed by atoms with E-state index in [1.54, 1.807) is 11.3 Å². The van der Waals surface area contributed by atoms with Crippen molar-refractivity contribution in [3.63, 3.8) is 0 Å². The summed E-state index contributed by atoms with van der Waals surface area (Å²) in [4.78, 5) is 2.36. The zero-order chi connectivity index (χ0) is 18.7. The van der Waals surface area contributed by atoms with Crippen LogP contribution in [0.1, 0.15) is 24.0 Å². The molecule has 1 atom stereocenters. The first-order valence-corrected chi connectivity index (χ1v) is 10.8. The topological polar surface area (TPSA) is 24.5 Å². The molecule has 142 valence electrons. The van der Waals surface area contributed by atoms with Crippen LogP contribution in [0, 0.1) is 0 Å². The predicted octanol–water partition coefficient (Wildman–Crippen LogP) is 4.95. The molecule has 2 aliphatic heterocycles. The van der Waals surface area contributed by atoms with Crippen LogP contribution in [0.2, 0.25) is 5.02 Å². The summed E-state index contributed by atoms with van der Waals surface area (Å²) in [7, 11) is 2.17. The van der Waals surface area contributed by atoms with Crippen LogP contribution in [0.25, 0.3) is 0 Å². The maximum Gasteiger partial charge on any atom is 0.184 e. The number of hydrogen-bond donors (Lipinski definition) is 1. The maximum atomic E-state index is 6.74. The van der Waals surface area contributed by atoms with Crippen LogP contribution in [-0.4, -0.2) is 31.1 Å². The highest BCUT2D eigenvalue weighted by Gasteiger charge is 2.36. The lowest BCUT2D eigenvalue weighted by molar-refractivity contribution is -0.102. The van der Waals surface area contributed by atoms with Crippen molar-refractivity contribution in [1.29, 1.82) is 0 Å². The number of dihydropyridines is 1. The van der Waals surface area contributed by atoms with E-state index in [0.29, 0.717) is 0 Å². The van der Waals surface area contributed by atoms with Crippen LogP contribution in [0.5, 0.6) is 0 Å². The standard InChI is InChI=1S/C22H25ClN2OS/c1-25-12-8-21(9-13-25)26-22(18-4-6-19(23)7-5-18)11-2-3-20(24-22)15-17-10-14-27-16-17/h2-7,10-11,14,16,21,24H,8-9,12-13,15H2,1H3. The molecule has 2 aromatic rings.